The fourth-order valence-corrected chi connectivity index (χ4v) is 5.17. The van der Waals surface area contributed by atoms with Gasteiger partial charge in [0.25, 0.3) is 0 Å². The van der Waals surface area contributed by atoms with E-state index in [9.17, 15) is 13.2 Å². The number of hydrogen-bond acceptors (Lipinski definition) is 5. The summed E-state index contributed by atoms with van der Waals surface area (Å²) in [6, 6.07) is 13.5. The molecule has 0 N–H and O–H groups in total. The fraction of sp³-hybridized carbons (Fsp3) is 0.320. The molecule has 0 bridgehead atoms. The maximum Gasteiger partial charge on any atom is 0.246 e. The average molecular weight is 480 g/mol. The zero-order chi connectivity index (χ0) is 24.1. The van der Waals surface area contributed by atoms with Gasteiger partial charge in [-0.05, 0) is 50.1 Å². The summed E-state index contributed by atoms with van der Waals surface area (Å²) in [5.74, 6) is -0.00884. The molecule has 34 heavy (non-hydrogen) atoms. The lowest BCUT2D eigenvalue weighted by Gasteiger charge is -2.35. The molecule has 0 aliphatic carbocycles. The summed E-state index contributed by atoms with van der Waals surface area (Å²) in [4.78, 5) is 18.9. The third-order valence-electron chi connectivity index (χ3n) is 6.20. The van der Waals surface area contributed by atoms with E-state index >= 15 is 0 Å². The highest BCUT2D eigenvalue weighted by Gasteiger charge is 2.29. The minimum Gasteiger partial charge on any atom is -0.339 e. The van der Waals surface area contributed by atoms with Crippen molar-refractivity contribution in [1.29, 1.82) is 0 Å². The van der Waals surface area contributed by atoms with E-state index in [0.717, 1.165) is 22.5 Å². The summed E-state index contributed by atoms with van der Waals surface area (Å²) in [5.41, 5.74) is 3.34. The second kappa shape index (κ2) is 10.3. The Morgan fingerprint density at radius 1 is 1.15 bits per heavy atom. The Balaban J connectivity index is 1.50. The Hall–Kier alpha value is -3.30. The van der Waals surface area contributed by atoms with Crippen LogP contribution < -0.4 is 0 Å². The maximum atomic E-state index is 12.9. The quantitative estimate of drug-likeness (QED) is 0.486. The minimum atomic E-state index is -3.23. The van der Waals surface area contributed by atoms with Crippen molar-refractivity contribution < 1.29 is 13.2 Å². The molecular formula is C25H29N5O3S. The van der Waals surface area contributed by atoms with Crippen LogP contribution in [-0.2, 0) is 14.8 Å². The van der Waals surface area contributed by atoms with Crippen LogP contribution in [0, 0.1) is 0 Å². The van der Waals surface area contributed by atoms with E-state index in [1.54, 1.807) is 48.1 Å². The summed E-state index contributed by atoms with van der Waals surface area (Å²) in [5, 5.41) is 4.74. The van der Waals surface area contributed by atoms with E-state index in [-0.39, 0.29) is 17.7 Å². The van der Waals surface area contributed by atoms with Crippen LogP contribution in [-0.4, -0.2) is 70.2 Å². The number of carbonyl (C=O) groups is 1. The topological polar surface area (TPSA) is 88.4 Å². The van der Waals surface area contributed by atoms with Gasteiger partial charge in [-0.3, -0.25) is 9.78 Å². The van der Waals surface area contributed by atoms with E-state index in [1.807, 2.05) is 48.7 Å². The van der Waals surface area contributed by atoms with E-state index in [1.165, 1.54) is 4.31 Å². The molecule has 3 heterocycles. The SMILES string of the molecule is CCS(=O)(=O)N(C)C1CCN(C(=O)C=Cc2cn(-c3ccccc3)nc2-c2cccnc2)CC1. The molecule has 0 atom stereocenters. The van der Waals surface area contributed by atoms with E-state index in [2.05, 4.69) is 4.98 Å². The third kappa shape index (κ3) is 5.26. The molecule has 4 rings (SSSR count). The number of pyridine rings is 1. The predicted molar refractivity (Wildman–Crippen MR) is 133 cm³/mol. The molecule has 1 aliphatic heterocycles. The van der Waals surface area contributed by atoms with Crippen LogP contribution >= 0.6 is 0 Å². The maximum absolute atomic E-state index is 12.9. The van der Waals surface area contributed by atoms with Gasteiger partial charge in [-0.15, -0.1) is 0 Å². The lowest BCUT2D eigenvalue weighted by Crippen LogP contribution is -2.47. The fourth-order valence-electron chi connectivity index (χ4n) is 4.10. The zero-order valence-corrected chi connectivity index (χ0v) is 20.2. The molecule has 0 spiro atoms. The molecule has 0 unspecified atom stereocenters. The number of rotatable bonds is 7. The lowest BCUT2D eigenvalue weighted by molar-refractivity contribution is -0.127. The highest BCUT2D eigenvalue weighted by atomic mass is 32.2. The number of piperidine rings is 1. The van der Waals surface area contributed by atoms with Gasteiger partial charge in [0.05, 0.1) is 11.4 Å². The molecular weight excluding hydrogens is 450 g/mol. The predicted octanol–water partition coefficient (Wildman–Crippen LogP) is 3.22. The number of aromatic nitrogens is 3. The third-order valence-corrected chi connectivity index (χ3v) is 8.10. The van der Waals surface area contributed by atoms with Crippen molar-refractivity contribution in [2.24, 2.45) is 0 Å². The molecule has 3 aromatic rings. The van der Waals surface area contributed by atoms with Crippen molar-refractivity contribution in [3.63, 3.8) is 0 Å². The zero-order valence-electron chi connectivity index (χ0n) is 19.4. The molecule has 0 radical (unpaired) electrons. The number of likely N-dealkylation sites (tertiary alicyclic amines) is 1. The first-order valence-electron chi connectivity index (χ1n) is 11.4. The van der Waals surface area contributed by atoms with Gasteiger partial charge in [0.2, 0.25) is 15.9 Å². The number of hydrogen-bond donors (Lipinski definition) is 0. The van der Waals surface area contributed by atoms with Crippen molar-refractivity contribution in [2.45, 2.75) is 25.8 Å². The van der Waals surface area contributed by atoms with Crippen molar-refractivity contribution in [3.05, 3.63) is 72.7 Å². The van der Waals surface area contributed by atoms with Crippen LogP contribution in [0.15, 0.2) is 67.1 Å². The van der Waals surface area contributed by atoms with Crippen LogP contribution in [0.1, 0.15) is 25.3 Å². The van der Waals surface area contributed by atoms with Gasteiger partial charge in [-0.2, -0.15) is 5.10 Å². The second-order valence-electron chi connectivity index (χ2n) is 8.26. The monoisotopic (exact) mass is 479 g/mol. The highest BCUT2D eigenvalue weighted by Crippen LogP contribution is 2.25. The first kappa shape index (κ1) is 23.8. The van der Waals surface area contributed by atoms with Gasteiger partial charge in [0.15, 0.2) is 0 Å². The number of benzene rings is 1. The first-order valence-corrected chi connectivity index (χ1v) is 13.0. The number of para-hydroxylation sites is 1. The molecule has 178 valence electrons. The number of carbonyl (C=O) groups excluding carboxylic acids is 1. The smallest absolute Gasteiger partial charge is 0.246 e. The number of amides is 1. The van der Waals surface area contributed by atoms with Crippen LogP contribution in [0.25, 0.3) is 23.0 Å². The molecule has 2 aromatic heterocycles. The van der Waals surface area contributed by atoms with Gasteiger partial charge in [-0.1, -0.05) is 18.2 Å². The molecule has 1 amide bonds. The van der Waals surface area contributed by atoms with Crippen molar-refractivity contribution >= 4 is 22.0 Å². The molecule has 0 saturated carbocycles. The summed E-state index contributed by atoms with van der Waals surface area (Å²) in [6.45, 7) is 2.70. The summed E-state index contributed by atoms with van der Waals surface area (Å²) >= 11 is 0. The number of sulfonamides is 1. The Labute approximate surface area is 200 Å². The molecule has 8 nitrogen and oxygen atoms in total. The molecule has 9 heteroatoms. The number of nitrogens with zero attached hydrogens (tertiary/aromatic N) is 5. The van der Waals surface area contributed by atoms with Gasteiger partial charge < -0.3 is 4.90 Å². The van der Waals surface area contributed by atoms with Crippen LogP contribution in [0.4, 0.5) is 0 Å². The van der Waals surface area contributed by atoms with Gasteiger partial charge in [0.1, 0.15) is 5.69 Å². The highest BCUT2D eigenvalue weighted by molar-refractivity contribution is 7.89. The van der Waals surface area contributed by atoms with Crippen LogP contribution in [0.3, 0.4) is 0 Å². The van der Waals surface area contributed by atoms with Crippen LogP contribution in [0.5, 0.6) is 0 Å². The average Bonchev–Trinajstić information content (AvgIpc) is 3.32. The standard InChI is InChI=1S/C25H29N5O3S/c1-3-34(32,33)28(2)22-13-16-29(17-14-22)24(31)12-11-21-19-30(23-9-5-4-6-10-23)27-25(21)20-8-7-15-26-18-20/h4-12,15,18-19,22H,3,13-14,16-17H2,1-2H3. The molecule has 1 aromatic carbocycles. The Morgan fingerprint density at radius 3 is 2.53 bits per heavy atom. The Morgan fingerprint density at radius 2 is 1.88 bits per heavy atom. The van der Waals surface area contributed by atoms with E-state index in [4.69, 9.17) is 5.10 Å². The Kier molecular flexibility index (Phi) is 7.23. The van der Waals surface area contributed by atoms with E-state index < -0.39 is 10.0 Å². The van der Waals surface area contributed by atoms with E-state index in [0.29, 0.717) is 25.9 Å². The largest absolute Gasteiger partial charge is 0.339 e. The molecule has 1 saturated heterocycles. The van der Waals surface area contributed by atoms with Crippen molar-refractivity contribution in [1.82, 2.24) is 24.0 Å². The molecule has 1 fully saturated rings. The summed E-state index contributed by atoms with van der Waals surface area (Å²) < 4.78 is 27.6. The van der Waals surface area contributed by atoms with Gasteiger partial charge >= 0.3 is 0 Å². The van der Waals surface area contributed by atoms with Crippen molar-refractivity contribution in [2.75, 3.05) is 25.9 Å². The van der Waals surface area contributed by atoms with Crippen molar-refractivity contribution in [3.8, 4) is 16.9 Å². The summed E-state index contributed by atoms with van der Waals surface area (Å²) in [7, 11) is -1.60. The normalized spacial score (nSPS) is 15.3. The minimum absolute atomic E-state index is 0.0701. The lowest BCUT2D eigenvalue weighted by atomic mass is 10.1. The second-order valence-corrected chi connectivity index (χ2v) is 10.6. The molecule has 1 aliphatic rings. The first-order chi connectivity index (χ1) is 16.4. The Bertz CT molecular complexity index is 1250. The van der Waals surface area contributed by atoms with Gasteiger partial charge in [0, 0.05) is 62.0 Å². The van der Waals surface area contributed by atoms with Crippen LogP contribution in [0.2, 0.25) is 0 Å². The van der Waals surface area contributed by atoms with Gasteiger partial charge in [-0.25, -0.2) is 17.4 Å². The summed E-state index contributed by atoms with van der Waals surface area (Å²) in [6.07, 6.45) is 9.98.